The predicted molar refractivity (Wildman–Crippen MR) is 98.2 cm³/mol. The van der Waals surface area contributed by atoms with Crippen LogP contribution in [0.25, 0.3) is 10.8 Å². The van der Waals surface area contributed by atoms with Gasteiger partial charge in [0.25, 0.3) is 0 Å². The van der Waals surface area contributed by atoms with E-state index in [9.17, 15) is 19.2 Å². The van der Waals surface area contributed by atoms with Crippen molar-refractivity contribution in [3.63, 3.8) is 0 Å². The van der Waals surface area contributed by atoms with E-state index in [1.165, 1.54) is 36.4 Å². The normalized spacial score (nSPS) is 9.86. The van der Waals surface area contributed by atoms with Crippen molar-refractivity contribution in [1.82, 2.24) is 0 Å². The topological polar surface area (TPSA) is 149 Å². The summed E-state index contributed by atoms with van der Waals surface area (Å²) in [5.41, 5.74) is -0.156. The number of hydrogen-bond acceptors (Lipinski definition) is 4. The van der Waals surface area contributed by atoms with Crippen molar-refractivity contribution < 1.29 is 39.6 Å². The van der Waals surface area contributed by atoms with E-state index in [4.69, 9.17) is 20.4 Å². The number of hydrogen-bond donors (Lipinski definition) is 4. The van der Waals surface area contributed by atoms with Gasteiger partial charge in [0.2, 0.25) is 0 Å². The van der Waals surface area contributed by atoms with E-state index < -0.39 is 23.9 Å². The number of rotatable bonds is 4. The Kier molecular flexibility index (Phi) is 6.07. The predicted octanol–water partition coefficient (Wildman–Crippen LogP) is 3.32. The van der Waals surface area contributed by atoms with Crippen LogP contribution in [0.3, 0.4) is 0 Å². The summed E-state index contributed by atoms with van der Waals surface area (Å²) in [5, 5.41) is 35.9. The maximum Gasteiger partial charge on any atom is 0.336 e. The molecule has 4 N–H and O–H groups in total. The Bertz CT molecular complexity index is 999. The van der Waals surface area contributed by atoms with Crippen molar-refractivity contribution in [3.05, 3.63) is 82.9 Å². The molecule has 0 amide bonds. The highest BCUT2D eigenvalue weighted by molar-refractivity contribution is 6.10. The van der Waals surface area contributed by atoms with E-state index in [0.29, 0.717) is 10.8 Å². The van der Waals surface area contributed by atoms with Crippen molar-refractivity contribution in [2.45, 2.75) is 0 Å². The lowest BCUT2D eigenvalue weighted by atomic mass is 10.00. The summed E-state index contributed by atoms with van der Waals surface area (Å²) in [4.78, 5) is 42.8. The summed E-state index contributed by atoms with van der Waals surface area (Å²) in [6, 6.07) is 14.7. The first kappa shape index (κ1) is 20.1. The summed E-state index contributed by atoms with van der Waals surface area (Å²) in [5.74, 6) is -4.58. The lowest BCUT2D eigenvalue weighted by molar-refractivity contribution is 0.0651. The molecule has 0 aliphatic heterocycles. The SMILES string of the molecule is O=C(O)c1ccc(C(=O)O)c2ccccc12.O=C(O)c1ccccc1C(=O)O. The third-order valence-electron chi connectivity index (χ3n) is 3.77. The first-order chi connectivity index (χ1) is 13.2. The molecule has 28 heavy (non-hydrogen) atoms. The minimum Gasteiger partial charge on any atom is -0.478 e. The molecule has 0 radical (unpaired) electrons. The van der Waals surface area contributed by atoms with Crippen LogP contribution in [-0.4, -0.2) is 44.3 Å². The van der Waals surface area contributed by atoms with Gasteiger partial charge in [-0.05, 0) is 35.0 Å². The van der Waals surface area contributed by atoms with Crippen LogP contribution in [0.1, 0.15) is 41.4 Å². The van der Waals surface area contributed by atoms with Crippen LogP contribution in [0, 0.1) is 0 Å². The average Bonchev–Trinajstić information content (AvgIpc) is 2.67. The zero-order valence-electron chi connectivity index (χ0n) is 14.2. The molecule has 0 aromatic heterocycles. The third kappa shape index (κ3) is 4.31. The standard InChI is InChI=1S/C12H8O4.C8H6O4/c13-11(14)9-5-6-10(12(15)16)8-4-2-1-3-7(8)9;9-7(10)5-3-1-2-4-6(5)8(11)12/h1-6H,(H,13,14)(H,15,16);1-4H,(H,9,10)(H,11,12). The number of carbonyl (C=O) groups is 4. The fourth-order valence-corrected chi connectivity index (χ4v) is 2.53. The van der Waals surface area contributed by atoms with Gasteiger partial charge >= 0.3 is 23.9 Å². The lowest BCUT2D eigenvalue weighted by Gasteiger charge is -2.05. The summed E-state index contributed by atoms with van der Waals surface area (Å²) in [6.07, 6.45) is 0. The first-order valence-electron chi connectivity index (χ1n) is 7.78. The molecule has 142 valence electrons. The second-order valence-corrected chi connectivity index (χ2v) is 5.47. The molecule has 0 unspecified atom stereocenters. The zero-order chi connectivity index (χ0) is 20.8. The Morgan fingerprint density at radius 1 is 0.429 bits per heavy atom. The van der Waals surface area contributed by atoms with Crippen molar-refractivity contribution in [2.75, 3.05) is 0 Å². The van der Waals surface area contributed by atoms with Gasteiger partial charge in [0.05, 0.1) is 22.3 Å². The van der Waals surface area contributed by atoms with Crippen molar-refractivity contribution >= 4 is 34.6 Å². The molecule has 0 aliphatic carbocycles. The molecule has 0 bridgehead atoms. The molecule has 3 aromatic carbocycles. The molecule has 8 nitrogen and oxygen atoms in total. The highest BCUT2D eigenvalue weighted by atomic mass is 16.4. The van der Waals surface area contributed by atoms with Gasteiger partial charge in [-0.1, -0.05) is 36.4 Å². The quantitative estimate of drug-likeness (QED) is 0.537. The Morgan fingerprint density at radius 3 is 1.00 bits per heavy atom. The molecule has 0 saturated heterocycles. The molecule has 0 spiro atoms. The molecule has 0 fully saturated rings. The number of fused-ring (bicyclic) bond motifs is 1. The Morgan fingerprint density at radius 2 is 0.714 bits per heavy atom. The van der Waals surface area contributed by atoms with E-state index in [0.717, 1.165) is 0 Å². The zero-order valence-corrected chi connectivity index (χ0v) is 14.2. The van der Waals surface area contributed by atoms with Crippen LogP contribution >= 0.6 is 0 Å². The van der Waals surface area contributed by atoms with E-state index in [1.54, 1.807) is 24.3 Å². The molecule has 3 rings (SSSR count). The van der Waals surface area contributed by atoms with Gasteiger partial charge in [-0.3, -0.25) is 0 Å². The van der Waals surface area contributed by atoms with Crippen LogP contribution in [0.2, 0.25) is 0 Å². The maximum absolute atomic E-state index is 10.9. The highest BCUT2D eigenvalue weighted by Crippen LogP contribution is 2.22. The summed E-state index contributed by atoms with van der Waals surface area (Å²) in [6.45, 7) is 0. The largest absolute Gasteiger partial charge is 0.478 e. The molecule has 8 heteroatoms. The van der Waals surface area contributed by atoms with Gasteiger partial charge in [0.15, 0.2) is 0 Å². The van der Waals surface area contributed by atoms with Crippen molar-refractivity contribution in [2.24, 2.45) is 0 Å². The third-order valence-corrected chi connectivity index (χ3v) is 3.77. The summed E-state index contributed by atoms with van der Waals surface area (Å²) in [7, 11) is 0. The summed E-state index contributed by atoms with van der Waals surface area (Å²) < 4.78 is 0. The maximum atomic E-state index is 10.9. The Hall–Kier alpha value is -4.20. The smallest absolute Gasteiger partial charge is 0.336 e. The lowest BCUT2D eigenvalue weighted by Crippen LogP contribution is -2.06. The van der Waals surface area contributed by atoms with E-state index >= 15 is 0 Å². The van der Waals surface area contributed by atoms with Crippen molar-refractivity contribution in [1.29, 1.82) is 0 Å². The van der Waals surface area contributed by atoms with Crippen LogP contribution in [-0.2, 0) is 0 Å². The number of carboxylic acids is 4. The number of aromatic carboxylic acids is 4. The second-order valence-electron chi connectivity index (χ2n) is 5.47. The van der Waals surface area contributed by atoms with Gasteiger partial charge < -0.3 is 20.4 Å². The van der Waals surface area contributed by atoms with E-state index in [2.05, 4.69) is 0 Å². The van der Waals surface area contributed by atoms with Gasteiger partial charge in [0.1, 0.15) is 0 Å². The molecule has 0 saturated carbocycles. The van der Waals surface area contributed by atoms with Gasteiger partial charge in [-0.2, -0.15) is 0 Å². The second kappa shape index (κ2) is 8.45. The first-order valence-corrected chi connectivity index (χ1v) is 7.78. The molecule has 3 aromatic rings. The van der Waals surface area contributed by atoms with Crippen LogP contribution in [0.4, 0.5) is 0 Å². The molecular formula is C20H14O8. The molecule has 0 heterocycles. The minimum absolute atomic E-state index is 0.112. The van der Waals surface area contributed by atoms with Gasteiger partial charge in [-0.25, -0.2) is 19.2 Å². The van der Waals surface area contributed by atoms with Gasteiger partial charge in [0, 0.05) is 0 Å². The number of benzene rings is 3. The fraction of sp³-hybridized carbons (Fsp3) is 0. The molecule has 0 aliphatic rings. The van der Waals surface area contributed by atoms with Crippen LogP contribution < -0.4 is 0 Å². The molecule has 0 atom stereocenters. The van der Waals surface area contributed by atoms with Crippen LogP contribution in [0.15, 0.2) is 60.7 Å². The monoisotopic (exact) mass is 382 g/mol. The molecular weight excluding hydrogens is 368 g/mol. The summed E-state index contributed by atoms with van der Waals surface area (Å²) >= 11 is 0. The highest BCUT2D eigenvalue weighted by Gasteiger charge is 2.14. The van der Waals surface area contributed by atoms with Crippen molar-refractivity contribution in [3.8, 4) is 0 Å². The average molecular weight is 382 g/mol. The van der Waals surface area contributed by atoms with E-state index in [-0.39, 0.29) is 22.3 Å². The van der Waals surface area contributed by atoms with E-state index in [1.807, 2.05) is 0 Å². The van der Waals surface area contributed by atoms with Crippen LogP contribution in [0.5, 0.6) is 0 Å². The fourth-order valence-electron chi connectivity index (χ4n) is 2.53. The Balaban J connectivity index is 0.000000209. The van der Waals surface area contributed by atoms with Gasteiger partial charge in [-0.15, -0.1) is 0 Å². The Labute approximate surface area is 157 Å². The minimum atomic E-state index is -1.23. The number of carboxylic acid groups (broad SMARTS) is 4.